The van der Waals surface area contributed by atoms with Crippen molar-refractivity contribution in [1.29, 1.82) is 0 Å². The Kier molecular flexibility index (Phi) is 6.89. The standard InChI is InChI=1S/C28H27NO4/c1-2-19-33-23-16-14-21(15-17-23)26-25(24(30)18-13-20-9-5-3-6-10-20)27(31)28(32)29(26)22-11-7-4-8-12-22/h3-12,14-17,26,31H,2,13,18-19H2,1H3. The average Bonchev–Trinajstić information content (AvgIpc) is 3.13. The molecule has 3 aromatic rings. The normalized spacial score (nSPS) is 15.7. The van der Waals surface area contributed by atoms with Gasteiger partial charge in [-0.05, 0) is 48.2 Å². The third-order valence-corrected chi connectivity index (χ3v) is 5.70. The van der Waals surface area contributed by atoms with E-state index < -0.39 is 17.7 Å². The second-order valence-electron chi connectivity index (χ2n) is 8.00. The second kappa shape index (κ2) is 10.2. The minimum absolute atomic E-state index is 0.141. The number of hydrogen-bond donors (Lipinski definition) is 1. The number of para-hydroxylation sites is 1. The summed E-state index contributed by atoms with van der Waals surface area (Å²) in [6.07, 6.45) is 1.64. The molecule has 0 fully saturated rings. The van der Waals surface area contributed by atoms with Crippen LogP contribution in [0.15, 0.2) is 96.3 Å². The molecule has 5 heteroatoms. The molecule has 1 atom stereocenters. The van der Waals surface area contributed by atoms with Crippen LogP contribution in [0.2, 0.25) is 0 Å². The van der Waals surface area contributed by atoms with Crippen molar-refractivity contribution >= 4 is 17.4 Å². The molecule has 0 saturated carbocycles. The average molecular weight is 442 g/mol. The number of ketones is 1. The number of benzene rings is 3. The number of aryl methyl sites for hydroxylation is 1. The molecule has 0 bridgehead atoms. The highest BCUT2D eigenvalue weighted by molar-refractivity contribution is 6.16. The van der Waals surface area contributed by atoms with E-state index in [2.05, 4.69) is 0 Å². The minimum Gasteiger partial charge on any atom is -0.503 e. The molecule has 0 aromatic heterocycles. The van der Waals surface area contributed by atoms with Crippen molar-refractivity contribution in [3.8, 4) is 5.75 Å². The largest absolute Gasteiger partial charge is 0.503 e. The van der Waals surface area contributed by atoms with E-state index in [0.29, 0.717) is 18.7 Å². The van der Waals surface area contributed by atoms with Gasteiger partial charge in [-0.2, -0.15) is 0 Å². The molecular formula is C28H27NO4. The van der Waals surface area contributed by atoms with Crippen LogP contribution in [0, 0.1) is 0 Å². The van der Waals surface area contributed by atoms with Gasteiger partial charge in [0.1, 0.15) is 5.75 Å². The van der Waals surface area contributed by atoms with Gasteiger partial charge in [0.25, 0.3) is 5.91 Å². The van der Waals surface area contributed by atoms with Gasteiger partial charge in [0.05, 0.1) is 18.2 Å². The Labute approximate surface area is 193 Å². The van der Waals surface area contributed by atoms with Crippen LogP contribution in [0.3, 0.4) is 0 Å². The van der Waals surface area contributed by atoms with Crippen molar-refractivity contribution < 1.29 is 19.4 Å². The number of hydrogen-bond acceptors (Lipinski definition) is 4. The first-order valence-electron chi connectivity index (χ1n) is 11.2. The first-order valence-corrected chi connectivity index (χ1v) is 11.2. The fraction of sp³-hybridized carbons (Fsp3) is 0.214. The van der Waals surface area contributed by atoms with Gasteiger partial charge in [-0.3, -0.25) is 14.5 Å². The van der Waals surface area contributed by atoms with Crippen LogP contribution in [-0.2, 0) is 16.0 Å². The summed E-state index contributed by atoms with van der Waals surface area (Å²) in [5.41, 5.74) is 2.53. The topological polar surface area (TPSA) is 66.8 Å². The molecule has 1 unspecified atom stereocenters. The van der Waals surface area contributed by atoms with Crippen molar-refractivity contribution in [3.63, 3.8) is 0 Å². The zero-order valence-electron chi connectivity index (χ0n) is 18.6. The number of aliphatic hydroxyl groups excluding tert-OH is 1. The molecule has 0 radical (unpaired) electrons. The quantitative estimate of drug-likeness (QED) is 0.471. The van der Waals surface area contributed by atoms with Gasteiger partial charge in [-0.25, -0.2) is 0 Å². The van der Waals surface area contributed by atoms with E-state index in [0.717, 1.165) is 23.3 Å². The molecule has 3 aromatic carbocycles. The van der Waals surface area contributed by atoms with Crippen molar-refractivity contribution in [3.05, 3.63) is 107 Å². The third-order valence-electron chi connectivity index (χ3n) is 5.70. The smallest absolute Gasteiger partial charge is 0.294 e. The Morgan fingerprint density at radius 3 is 2.21 bits per heavy atom. The molecule has 0 saturated heterocycles. The van der Waals surface area contributed by atoms with E-state index in [4.69, 9.17) is 4.74 Å². The van der Waals surface area contributed by atoms with E-state index in [-0.39, 0.29) is 17.8 Å². The summed E-state index contributed by atoms with van der Waals surface area (Å²) in [6, 6.07) is 25.5. The molecular weight excluding hydrogens is 414 g/mol. The highest BCUT2D eigenvalue weighted by Crippen LogP contribution is 2.41. The fourth-order valence-corrected chi connectivity index (χ4v) is 4.06. The van der Waals surface area contributed by atoms with Crippen LogP contribution < -0.4 is 9.64 Å². The molecule has 1 amide bonds. The van der Waals surface area contributed by atoms with Crippen LogP contribution in [0.25, 0.3) is 0 Å². The van der Waals surface area contributed by atoms with Gasteiger partial charge in [0.2, 0.25) is 0 Å². The Bertz CT molecular complexity index is 1140. The van der Waals surface area contributed by atoms with Crippen LogP contribution in [0.5, 0.6) is 5.75 Å². The Morgan fingerprint density at radius 2 is 1.58 bits per heavy atom. The summed E-state index contributed by atoms with van der Waals surface area (Å²) in [5.74, 6) is -0.561. The second-order valence-corrected chi connectivity index (χ2v) is 8.00. The number of aliphatic hydroxyl groups is 1. The lowest BCUT2D eigenvalue weighted by molar-refractivity contribution is -0.118. The van der Waals surface area contributed by atoms with Gasteiger partial charge in [-0.15, -0.1) is 0 Å². The van der Waals surface area contributed by atoms with E-state index in [1.54, 1.807) is 12.1 Å². The fourth-order valence-electron chi connectivity index (χ4n) is 4.06. The number of carbonyl (C=O) groups is 2. The summed E-state index contributed by atoms with van der Waals surface area (Å²) in [5, 5.41) is 10.8. The van der Waals surface area contributed by atoms with Crippen LogP contribution in [-0.4, -0.2) is 23.4 Å². The maximum Gasteiger partial charge on any atom is 0.294 e. The first kappa shape index (κ1) is 22.3. The molecule has 33 heavy (non-hydrogen) atoms. The van der Waals surface area contributed by atoms with Gasteiger partial charge in [0, 0.05) is 12.1 Å². The lowest BCUT2D eigenvalue weighted by atomic mass is 9.93. The zero-order valence-corrected chi connectivity index (χ0v) is 18.6. The molecule has 0 aliphatic carbocycles. The number of Topliss-reactive ketones (excluding diaryl/α,β-unsaturated/α-hetero) is 1. The number of nitrogens with zero attached hydrogens (tertiary/aromatic N) is 1. The Balaban J connectivity index is 1.68. The third kappa shape index (κ3) is 4.82. The number of ether oxygens (including phenoxy) is 1. The van der Waals surface area contributed by atoms with Gasteiger partial charge in [-0.1, -0.05) is 67.6 Å². The molecule has 1 heterocycles. The summed E-state index contributed by atoms with van der Waals surface area (Å²) in [4.78, 5) is 27.9. The van der Waals surface area contributed by atoms with Crippen molar-refractivity contribution in [2.75, 3.05) is 11.5 Å². The Morgan fingerprint density at radius 1 is 0.939 bits per heavy atom. The van der Waals surface area contributed by atoms with Gasteiger partial charge < -0.3 is 9.84 Å². The number of carbonyl (C=O) groups excluding carboxylic acids is 2. The SMILES string of the molecule is CCCOc1ccc(C2C(C(=O)CCc3ccccc3)=C(O)C(=O)N2c2ccccc2)cc1. The van der Waals surface area contributed by atoms with E-state index in [9.17, 15) is 14.7 Å². The van der Waals surface area contributed by atoms with E-state index >= 15 is 0 Å². The number of rotatable bonds is 9. The molecule has 1 N–H and O–H groups in total. The lowest BCUT2D eigenvalue weighted by Gasteiger charge is -2.27. The molecule has 5 nitrogen and oxygen atoms in total. The van der Waals surface area contributed by atoms with Crippen molar-refractivity contribution in [1.82, 2.24) is 0 Å². The van der Waals surface area contributed by atoms with Crippen LogP contribution in [0.1, 0.15) is 36.9 Å². The predicted molar refractivity (Wildman–Crippen MR) is 128 cm³/mol. The molecule has 0 spiro atoms. The summed E-state index contributed by atoms with van der Waals surface area (Å²) in [6.45, 7) is 2.65. The summed E-state index contributed by atoms with van der Waals surface area (Å²) >= 11 is 0. The summed E-state index contributed by atoms with van der Waals surface area (Å²) in [7, 11) is 0. The summed E-state index contributed by atoms with van der Waals surface area (Å²) < 4.78 is 5.68. The minimum atomic E-state index is -0.705. The zero-order chi connectivity index (χ0) is 23.2. The number of amides is 1. The Hall–Kier alpha value is -3.86. The first-order chi connectivity index (χ1) is 16.1. The predicted octanol–water partition coefficient (Wildman–Crippen LogP) is 5.58. The highest BCUT2D eigenvalue weighted by atomic mass is 16.5. The molecule has 4 rings (SSSR count). The highest BCUT2D eigenvalue weighted by Gasteiger charge is 2.44. The molecule has 1 aliphatic heterocycles. The lowest BCUT2D eigenvalue weighted by Crippen LogP contribution is -2.31. The van der Waals surface area contributed by atoms with Crippen LogP contribution >= 0.6 is 0 Å². The number of anilines is 1. The molecule has 1 aliphatic rings. The van der Waals surface area contributed by atoms with E-state index in [1.165, 1.54) is 4.90 Å². The monoisotopic (exact) mass is 441 g/mol. The van der Waals surface area contributed by atoms with E-state index in [1.807, 2.05) is 79.7 Å². The van der Waals surface area contributed by atoms with Gasteiger partial charge in [0.15, 0.2) is 11.5 Å². The maximum absolute atomic E-state index is 13.3. The van der Waals surface area contributed by atoms with Crippen molar-refractivity contribution in [2.45, 2.75) is 32.2 Å². The molecule has 168 valence electrons. The maximum atomic E-state index is 13.3. The van der Waals surface area contributed by atoms with Gasteiger partial charge >= 0.3 is 0 Å². The van der Waals surface area contributed by atoms with Crippen molar-refractivity contribution in [2.24, 2.45) is 0 Å². The van der Waals surface area contributed by atoms with Crippen LogP contribution in [0.4, 0.5) is 5.69 Å².